The third kappa shape index (κ3) is 36.1. The van der Waals surface area contributed by atoms with E-state index in [-0.39, 0.29) is 0 Å². The lowest BCUT2D eigenvalue weighted by Crippen LogP contribution is -2.35. The Morgan fingerprint density at radius 3 is 1.45 bits per heavy atom. The molecule has 0 aromatic heterocycles. The van der Waals surface area contributed by atoms with Crippen LogP contribution >= 0.6 is 0 Å². The first kappa shape index (κ1) is 22.1. The minimum Gasteiger partial charge on any atom is -0.726 e. The predicted molar refractivity (Wildman–Crippen MR) is 82.5 cm³/mol. The molecule has 6 heteroatoms. The summed E-state index contributed by atoms with van der Waals surface area (Å²) in [7, 11) is 1.93. The standard InChI is InChI=1S/C14H32N.H2O4S/c1-5-6-7-8-9-10-11-12-13-14-15(2,3)4;1-5(2,3)4/h5-14H2,1-4H3;(H2,1,2,3,4)/q+1;/p-1. The highest BCUT2D eigenvalue weighted by atomic mass is 32.3. The molecular weight excluding hydrogens is 278 g/mol. The Morgan fingerprint density at radius 2 is 1.15 bits per heavy atom. The van der Waals surface area contributed by atoms with E-state index in [0.29, 0.717) is 0 Å². The van der Waals surface area contributed by atoms with E-state index in [1.54, 1.807) is 0 Å². The zero-order chi connectivity index (χ0) is 16.1. The molecule has 0 heterocycles. The molecule has 0 saturated carbocycles. The molecule has 0 rings (SSSR count). The fraction of sp³-hybridized carbons (Fsp3) is 1.00. The van der Waals surface area contributed by atoms with E-state index >= 15 is 0 Å². The molecule has 0 aromatic rings. The van der Waals surface area contributed by atoms with Crippen LogP contribution in [0.15, 0.2) is 0 Å². The topological polar surface area (TPSA) is 77.4 Å². The molecule has 5 nitrogen and oxygen atoms in total. The van der Waals surface area contributed by atoms with Gasteiger partial charge in [-0.25, -0.2) is 8.42 Å². The minimum absolute atomic E-state index is 1.12. The number of nitrogens with zero attached hydrogens (tertiary/aromatic N) is 1. The lowest BCUT2D eigenvalue weighted by molar-refractivity contribution is -0.870. The van der Waals surface area contributed by atoms with Crippen LogP contribution in [0.4, 0.5) is 0 Å². The predicted octanol–water partition coefficient (Wildman–Crippen LogP) is 3.23. The van der Waals surface area contributed by atoms with E-state index in [4.69, 9.17) is 17.5 Å². The van der Waals surface area contributed by atoms with Crippen LogP contribution in [0.3, 0.4) is 0 Å². The maximum absolute atomic E-state index is 8.63. The summed E-state index contributed by atoms with van der Waals surface area (Å²) < 4.78 is 34.0. The molecule has 0 aliphatic heterocycles. The Hall–Kier alpha value is -0.170. The Balaban J connectivity index is 0. The first-order chi connectivity index (χ1) is 9.06. The van der Waals surface area contributed by atoms with Crippen molar-refractivity contribution in [3.63, 3.8) is 0 Å². The second kappa shape index (κ2) is 12.6. The van der Waals surface area contributed by atoms with E-state index < -0.39 is 10.4 Å². The Kier molecular flexibility index (Phi) is 13.9. The lowest BCUT2D eigenvalue weighted by Gasteiger charge is -2.23. The first-order valence-electron chi connectivity index (χ1n) is 7.55. The van der Waals surface area contributed by atoms with Gasteiger partial charge in [-0.3, -0.25) is 4.55 Å². The van der Waals surface area contributed by atoms with Gasteiger partial charge in [0.2, 0.25) is 10.4 Å². The van der Waals surface area contributed by atoms with E-state index in [1.165, 1.54) is 64.3 Å². The van der Waals surface area contributed by atoms with Gasteiger partial charge in [-0.05, 0) is 12.8 Å². The zero-order valence-electron chi connectivity index (χ0n) is 13.6. The number of unbranched alkanes of at least 4 members (excludes halogenated alkanes) is 8. The normalized spacial score (nSPS) is 11.9. The van der Waals surface area contributed by atoms with Crippen molar-refractivity contribution in [1.29, 1.82) is 0 Å². The molecule has 20 heavy (non-hydrogen) atoms. The van der Waals surface area contributed by atoms with Gasteiger partial charge in [0, 0.05) is 0 Å². The van der Waals surface area contributed by atoms with Gasteiger partial charge in [0.25, 0.3) is 0 Å². The molecule has 0 saturated heterocycles. The van der Waals surface area contributed by atoms with Crippen LogP contribution in [0.25, 0.3) is 0 Å². The van der Waals surface area contributed by atoms with Crippen LogP contribution in [0.2, 0.25) is 0 Å². The molecule has 0 fully saturated rings. The van der Waals surface area contributed by atoms with Crippen LogP contribution in [-0.2, 0) is 10.4 Å². The van der Waals surface area contributed by atoms with Gasteiger partial charge in [0.15, 0.2) is 0 Å². The lowest BCUT2D eigenvalue weighted by atomic mass is 10.1. The van der Waals surface area contributed by atoms with E-state index in [1.807, 2.05) is 0 Å². The van der Waals surface area contributed by atoms with Crippen molar-refractivity contribution >= 4 is 10.4 Å². The number of quaternary nitrogens is 1. The Labute approximate surface area is 125 Å². The van der Waals surface area contributed by atoms with Crippen molar-refractivity contribution < 1.29 is 22.0 Å². The maximum Gasteiger partial charge on any atom is 0.215 e. The average molecular weight is 311 g/mol. The largest absolute Gasteiger partial charge is 0.726 e. The average Bonchev–Trinajstić information content (AvgIpc) is 2.23. The summed E-state index contributed by atoms with van der Waals surface area (Å²) in [4.78, 5) is 0. The van der Waals surface area contributed by atoms with Crippen LogP contribution in [0.5, 0.6) is 0 Å². The minimum atomic E-state index is -4.92. The van der Waals surface area contributed by atoms with Crippen molar-refractivity contribution in [1.82, 2.24) is 0 Å². The molecule has 0 amide bonds. The molecule has 0 spiro atoms. The van der Waals surface area contributed by atoms with E-state index in [0.717, 1.165) is 4.48 Å². The van der Waals surface area contributed by atoms with Gasteiger partial charge in [0.05, 0.1) is 27.7 Å². The molecule has 0 unspecified atom stereocenters. The fourth-order valence-electron chi connectivity index (χ4n) is 1.90. The second-order valence-corrected chi connectivity index (χ2v) is 7.13. The summed E-state index contributed by atoms with van der Waals surface area (Å²) in [5, 5.41) is 0. The summed E-state index contributed by atoms with van der Waals surface area (Å²) in [5.41, 5.74) is 0. The van der Waals surface area contributed by atoms with Gasteiger partial charge >= 0.3 is 0 Å². The molecule has 0 bridgehead atoms. The smallest absolute Gasteiger partial charge is 0.215 e. The summed E-state index contributed by atoms with van der Waals surface area (Å²) in [6.45, 7) is 3.61. The third-order valence-corrected chi connectivity index (χ3v) is 2.93. The van der Waals surface area contributed by atoms with Crippen LogP contribution in [0.1, 0.15) is 64.7 Å². The molecule has 124 valence electrons. The maximum atomic E-state index is 8.63. The van der Waals surface area contributed by atoms with Crippen LogP contribution in [-0.4, -0.2) is 49.7 Å². The van der Waals surface area contributed by atoms with Crippen molar-refractivity contribution in [2.45, 2.75) is 64.7 Å². The summed E-state index contributed by atoms with van der Waals surface area (Å²) in [6.07, 6.45) is 12.9. The Morgan fingerprint density at radius 1 is 0.850 bits per heavy atom. The van der Waals surface area contributed by atoms with Crippen molar-refractivity contribution in [3.8, 4) is 0 Å². The monoisotopic (exact) mass is 311 g/mol. The zero-order valence-corrected chi connectivity index (χ0v) is 14.4. The highest BCUT2D eigenvalue weighted by Crippen LogP contribution is 2.10. The van der Waals surface area contributed by atoms with Gasteiger partial charge in [-0.15, -0.1) is 0 Å². The van der Waals surface area contributed by atoms with Gasteiger partial charge in [-0.2, -0.15) is 0 Å². The van der Waals surface area contributed by atoms with Crippen molar-refractivity contribution in [2.75, 3.05) is 27.7 Å². The highest BCUT2D eigenvalue weighted by molar-refractivity contribution is 7.79. The summed E-state index contributed by atoms with van der Waals surface area (Å²) in [5.74, 6) is 0. The van der Waals surface area contributed by atoms with E-state index in [2.05, 4.69) is 28.1 Å². The SMILES string of the molecule is CCCCCCCCCCC[N+](C)(C)C.O=S(=O)([O-])O. The van der Waals surface area contributed by atoms with Crippen molar-refractivity contribution in [2.24, 2.45) is 0 Å². The molecule has 1 N–H and O–H groups in total. The Bertz CT molecular complexity index is 289. The number of hydrogen-bond acceptors (Lipinski definition) is 3. The molecule has 0 aromatic carbocycles. The molecule has 0 atom stereocenters. The third-order valence-electron chi connectivity index (χ3n) is 2.93. The quantitative estimate of drug-likeness (QED) is 0.291. The highest BCUT2D eigenvalue weighted by Gasteiger charge is 2.04. The number of hydrogen-bond donors (Lipinski definition) is 1. The van der Waals surface area contributed by atoms with Gasteiger partial charge in [0.1, 0.15) is 0 Å². The van der Waals surface area contributed by atoms with Crippen LogP contribution in [0, 0.1) is 0 Å². The molecule has 0 aliphatic rings. The fourth-order valence-corrected chi connectivity index (χ4v) is 1.90. The van der Waals surface area contributed by atoms with Crippen molar-refractivity contribution in [3.05, 3.63) is 0 Å². The first-order valence-corrected chi connectivity index (χ1v) is 8.91. The van der Waals surface area contributed by atoms with Gasteiger partial charge in [-0.1, -0.05) is 51.9 Å². The summed E-state index contributed by atoms with van der Waals surface area (Å²) >= 11 is 0. The van der Waals surface area contributed by atoms with Crippen LogP contribution < -0.4 is 0 Å². The molecule has 0 radical (unpaired) electrons. The summed E-state index contributed by atoms with van der Waals surface area (Å²) in [6, 6.07) is 0. The number of rotatable bonds is 10. The molecule has 0 aliphatic carbocycles. The van der Waals surface area contributed by atoms with E-state index in [9.17, 15) is 0 Å². The second-order valence-electron chi connectivity index (χ2n) is 6.27. The molecular formula is C14H33NO4S. The van der Waals surface area contributed by atoms with Gasteiger partial charge < -0.3 is 9.04 Å².